The molecule has 4 nitrogen and oxygen atoms in total. The third-order valence-corrected chi connectivity index (χ3v) is 14.2. The third-order valence-electron chi connectivity index (χ3n) is 9.09. The Kier molecular flexibility index (Phi) is 7.93. The van der Waals surface area contributed by atoms with Crippen molar-refractivity contribution in [3.8, 4) is 0 Å². The van der Waals surface area contributed by atoms with Gasteiger partial charge in [-0.05, 0) is 62.1 Å². The number of hydrogen-bond donors (Lipinski definition) is 0. The number of allylic oxidation sites excluding steroid dienone is 2. The molecule has 2 aliphatic heterocycles. The summed E-state index contributed by atoms with van der Waals surface area (Å²) in [6.07, 6.45) is 4.30. The smallest absolute Gasteiger partial charge is 0.268 e. The molecule has 0 N–H and O–H groups in total. The minimum absolute atomic E-state index is 1.03. The van der Waals surface area contributed by atoms with Crippen LogP contribution in [-0.2, 0) is 14.1 Å². The summed E-state index contributed by atoms with van der Waals surface area (Å²) in [5, 5.41) is 5.44. The highest BCUT2D eigenvalue weighted by molar-refractivity contribution is 8.04. The highest BCUT2D eigenvalue weighted by Crippen LogP contribution is 2.51. The molecule has 6 aromatic rings. The Bertz CT molecular complexity index is 2030. The summed E-state index contributed by atoms with van der Waals surface area (Å²) in [5.41, 5.74) is 8.10. The quantitative estimate of drug-likeness (QED) is 0.123. The zero-order chi connectivity index (χ0) is 31.4. The van der Waals surface area contributed by atoms with Gasteiger partial charge in [0.1, 0.15) is 23.5 Å². The number of aryl methyl sites for hydroxylation is 2. The van der Waals surface area contributed by atoms with Crippen LogP contribution in [0.15, 0.2) is 117 Å². The first-order valence-corrected chi connectivity index (χ1v) is 19.0. The van der Waals surface area contributed by atoms with Crippen molar-refractivity contribution in [2.45, 2.75) is 35.5 Å². The normalized spacial score (nSPS) is 16.4. The molecule has 0 spiro atoms. The van der Waals surface area contributed by atoms with E-state index in [0.29, 0.717) is 0 Å². The van der Waals surface area contributed by atoms with Crippen LogP contribution in [0.2, 0.25) is 0 Å². The number of fused-ring (bicyclic) bond motifs is 4. The SMILES string of the molecule is CN1/C(=C(\CCCC/C(=C2/Sc3ccccc3N2C)c2sc3ccccc3[n+]2C)c2sc3ccccc3[n+]2C)Sc2ccccc21. The Morgan fingerprint density at radius 1 is 0.543 bits per heavy atom. The van der Waals surface area contributed by atoms with Gasteiger partial charge in [0.15, 0.2) is 0 Å². The number of rotatable bonds is 7. The van der Waals surface area contributed by atoms with E-state index in [9.17, 15) is 0 Å². The van der Waals surface area contributed by atoms with E-state index in [2.05, 4.69) is 144 Å². The Hall–Kier alpha value is -3.56. The molecular formula is C38H36N4S4+2. The molecule has 2 aromatic heterocycles. The van der Waals surface area contributed by atoms with E-state index >= 15 is 0 Å². The number of nitrogens with zero attached hydrogens (tertiary/aromatic N) is 4. The highest BCUT2D eigenvalue weighted by atomic mass is 32.2. The largest absolute Gasteiger partial charge is 0.338 e. The van der Waals surface area contributed by atoms with Gasteiger partial charge in [0.2, 0.25) is 11.0 Å². The second-order valence-corrected chi connectivity index (χ2v) is 16.0. The number of anilines is 2. The summed E-state index contributed by atoms with van der Waals surface area (Å²) < 4.78 is 7.50. The standard InChI is InChI=1S/C38H36N4S4/c1-39-27-17-7-11-21-31(27)43-35(39)25(36-40(2)28-18-8-12-22-32(28)44-36)15-5-6-16-26(37-41(3)29-19-9-13-23-33(29)45-37)38-42(4)30-20-10-14-24-34(30)46-38/h7-14,17-24H,5-6,15-16H2,1-4H3/q+2. The van der Waals surface area contributed by atoms with E-state index in [1.165, 1.54) is 72.8 Å². The van der Waals surface area contributed by atoms with E-state index < -0.39 is 0 Å². The first kappa shape index (κ1) is 29.8. The van der Waals surface area contributed by atoms with E-state index in [0.717, 1.165) is 25.7 Å². The Morgan fingerprint density at radius 3 is 1.35 bits per heavy atom. The van der Waals surface area contributed by atoms with Gasteiger partial charge in [-0.15, -0.1) is 0 Å². The molecule has 0 atom stereocenters. The van der Waals surface area contributed by atoms with Gasteiger partial charge in [0.05, 0.1) is 32.6 Å². The maximum Gasteiger partial charge on any atom is 0.268 e. The van der Waals surface area contributed by atoms with Gasteiger partial charge in [-0.25, -0.2) is 0 Å². The summed E-state index contributed by atoms with van der Waals surface area (Å²) in [5.74, 6) is 0. The average molecular weight is 677 g/mol. The van der Waals surface area contributed by atoms with Crippen LogP contribution in [0.3, 0.4) is 0 Å². The predicted octanol–water partition coefficient (Wildman–Crippen LogP) is 9.85. The zero-order valence-electron chi connectivity index (χ0n) is 26.5. The summed E-state index contributed by atoms with van der Waals surface area (Å²) >= 11 is 7.69. The molecule has 8 heteroatoms. The number of unbranched alkanes of at least 4 members (excludes halogenated alkanes) is 1. The highest BCUT2D eigenvalue weighted by Gasteiger charge is 2.32. The van der Waals surface area contributed by atoms with Gasteiger partial charge in [0.25, 0.3) is 10.0 Å². The Balaban J connectivity index is 1.14. The maximum absolute atomic E-state index is 2.41. The first-order valence-electron chi connectivity index (χ1n) is 15.7. The fourth-order valence-electron chi connectivity index (χ4n) is 6.68. The number of thiazole rings is 2. The van der Waals surface area contributed by atoms with Crippen LogP contribution in [0.4, 0.5) is 11.4 Å². The molecule has 4 aromatic carbocycles. The number of thioether (sulfide) groups is 2. The van der Waals surface area contributed by atoms with Crippen LogP contribution in [0.5, 0.6) is 0 Å². The van der Waals surface area contributed by atoms with E-state index in [-0.39, 0.29) is 0 Å². The molecule has 0 saturated carbocycles. The average Bonchev–Trinajstić information content (AvgIpc) is 3.81. The second kappa shape index (κ2) is 12.2. The summed E-state index contributed by atoms with van der Waals surface area (Å²) in [7, 11) is 8.93. The van der Waals surface area contributed by atoms with Crippen molar-refractivity contribution < 1.29 is 9.13 Å². The van der Waals surface area contributed by atoms with Crippen LogP contribution < -0.4 is 18.9 Å². The van der Waals surface area contributed by atoms with E-state index in [4.69, 9.17) is 0 Å². The monoisotopic (exact) mass is 676 g/mol. The zero-order valence-corrected chi connectivity index (χ0v) is 29.8. The lowest BCUT2D eigenvalue weighted by Gasteiger charge is -2.18. The summed E-state index contributed by atoms with van der Waals surface area (Å²) in [6, 6.07) is 35.2. The summed E-state index contributed by atoms with van der Waals surface area (Å²) in [4.78, 5) is 7.50. The van der Waals surface area contributed by atoms with Crippen molar-refractivity contribution in [3.05, 3.63) is 117 Å². The van der Waals surface area contributed by atoms with Crippen LogP contribution in [-0.4, -0.2) is 14.1 Å². The van der Waals surface area contributed by atoms with Crippen molar-refractivity contribution >= 4 is 89.2 Å². The van der Waals surface area contributed by atoms with E-state index in [1.54, 1.807) is 0 Å². The molecule has 0 aliphatic carbocycles. The number of hydrogen-bond acceptors (Lipinski definition) is 6. The fraction of sp³-hybridized carbons (Fsp3) is 0.211. The molecule has 4 heterocycles. The number of aromatic nitrogens is 2. The van der Waals surface area contributed by atoms with Crippen molar-refractivity contribution in [2.75, 3.05) is 23.9 Å². The molecule has 0 unspecified atom stereocenters. The number of para-hydroxylation sites is 4. The molecule has 230 valence electrons. The maximum atomic E-state index is 2.41. The number of benzene rings is 4. The lowest BCUT2D eigenvalue weighted by Crippen LogP contribution is -2.31. The molecule has 0 fully saturated rings. The molecular weight excluding hydrogens is 641 g/mol. The van der Waals surface area contributed by atoms with Crippen LogP contribution in [0.1, 0.15) is 35.7 Å². The van der Waals surface area contributed by atoms with Gasteiger partial charge in [-0.1, -0.05) is 94.7 Å². The molecule has 0 radical (unpaired) electrons. The molecule has 0 saturated heterocycles. The van der Waals surface area contributed by atoms with Crippen LogP contribution >= 0.6 is 46.2 Å². The lowest BCUT2D eigenvalue weighted by atomic mass is 10.0. The summed E-state index contributed by atoms with van der Waals surface area (Å²) in [6.45, 7) is 0. The van der Waals surface area contributed by atoms with Gasteiger partial charge in [-0.2, -0.15) is 9.13 Å². The molecule has 0 bridgehead atoms. The Labute approximate surface area is 287 Å². The molecule has 2 aliphatic rings. The van der Waals surface area contributed by atoms with Crippen molar-refractivity contribution in [1.29, 1.82) is 0 Å². The lowest BCUT2D eigenvalue weighted by molar-refractivity contribution is -0.643. The van der Waals surface area contributed by atoms with Gasteiger partial charge < -0.3 is 9.80 Å². The van der Waals surface area contributed by atoms with Crippen LogP contribution in [0, 0.1) is 0 Å². The van der Waals surface area contributed by atoms with Gasteiger partial charge in [0, 0.05) is 36.0 Å². The molecule has 0 amide bonds. The first-order chi connectivity index (χ1) is 22.5. The predicted molar refractivity (Wildman–Crippen MR) is 200 cm³/mol. The molecule has 46 heavy (non-hydrogen) atoms. The van der Waals surface area contributed by atoms with Crippen molar-refractivity contribution in [2.24, 2.45) is 14.1 Å². The third kappa shape index (κ3) is 5.07. The van der Waals surface area contributed by atoms with Crippen LogP contribution in [0.25, 0.3) is 31.6 Å². The Morgan fingerprint density at radius 2 is 0.935 bits per heavy atom. The fourth-order valence-corrected chi connectivity index (χ4v) is 11.7. The van der Waals surface area contributed by atoms with E-state index in [1.807, 2.05) is 46.2 Å². The second-order valence-electron chi connectivity index (χ2n) is 11.9. The topological polar surface area (TPSA) is 14.2 Å². The molecule has 8 rings (SSSR count). The van der Waals surface area contributed by atoms with Crippen molar-refractivity contribution in [1.82, 2.24) is 0 Å². The van der Waals surface area contributed by atoms with Gasteiger partial charge >= 0.3 is 0 Å². The van der Waals surface area contributed by atoms with Crippen molar-refractivity contribution in [3.63, 3.8) is 0 Å². The van der Waals surface area contributed by atoms with Gasteiger partial charge in [-0.3, -0.25) is 0 Å². The minimum Gasteiger partial charge on any atom is -0.338 e. The minimum atomic E-state index is 1.03.